The third-order valence-corrected chi connectivity index (χ3v) is 2.50. The van der Waals surface area contributed by atoms with Gasteiger partial charge in [0.25, 0.3) is 0 Å². The van der Waals surface area contributed by atoms with Crippen LogP contribution in [0.1, 0.15) is 53.9 Å². The lowest BCUT2D eigenvalue weighted by molar-refractivity contribution is 0.328. The summed E-state index contributed by atoms with van der Waals surface area (Å²) in [7, 11) is 0. The van der Waals surface area contributed by atoms with Gasteiger partial charge in [0.2, 0.25) is 0 Å². The highest BCUT2D eigenvalue weighted by Crippen LogP contribution is 2.21. The Balaban J connectivity index is 0. The van der Waals surface area contributed by atoms with Gasteiger partial charge in [-0.05, 0) is 18.8 Å². The maximum atomic E-state index is 3.36. The van der Waals surface area contributed by atoms with Crippen LogP contribution in [0.5, 0.6) is 0 Å². The molecule has 0 bridgehead atoms. The van der Waals surface area contributed by atoms with E-state index in [-0.39, 0.29) is 0 Å². The van der Waals surface area contributed by atoms with Gasteiger partial charge in [-0.3, -0.25) is 0 Å². The molecule has 0 heteroatoms. The first-order valence-corrected chi connectivity index (χ1v) is 5.24. The number of hydrogen-bond acceptors (Lipinski definition) is 0. The average Bonchev–Trinajstić information content (AvgIpc) is 2.08. The second-order valence-electron chi connectivity index (χ2n) is 3.37. The summed E-state index contributed by atoms with van der Waals surface area (Å²) in [6, 6.07) is 0. The van der Waals surface area contributed by atoms with E-state index in [4.69, 9.17) is 0 Å². The summed E-state index contributed by atoms with van der Waals surface area (Å²) in [5, 5.41) is 0. The summed E-state index contributed by atoms with van der Waals surface area (Å²) < 4.78 is 0. The first kappa shape index (κ1) is 14.3. The minimum atomic E-state index is 0.931. The number of rotatable bonds is 4. The van der Waals surface area contributed by atoms with Crippen LogP contribution in [0, 0.1) is 11.8 Å². The molecule has 0 fully saturated rings. The van der Waals surface area contributed by atoms with Gasteiger partial charge >= 0.3 is 0 Å². The first-order valence-electron chi connectivity index (χ1n) is 5.24. The van der Waals surface area contributed by atoms with Crippen LogP contribution < -0.4 is 0 Å². The van der Waals surface area contributed by atoms with E-state index in [0.29, 0.717) is 0 Å². The van der Waals surface area contributed by atoms with Crippen LogP contribution in [0.3, 0.4) is 0 Å². The molecule has 0 aliphatic heterocycles. The summed E-state index contributed by atoms with van der Waals surface area (Å²) in [6.07, 6.45) is 5.80. The van der Waals surface area contributed by atoms with E-state index in [9.17, 15) is 0 Å². The maximum absolute atomic E-state index is 3.36. The molecule has 1 unspecified atom stereocenters. The van der Waals surface area contributed by atoms with Crippen LogP contribution >= 0.6 is 0 Å². The van der Waals surface area contributed by atoms with Crippen LogP contribution in [-0.4, -0.2) is 0 Å². The smallest absolute Gasteiger partial charge is 0.0394 e. The fourth-order valence-electron chi connectivity index (χ4n) is 1.43. The predicted molar refractivity (Wildman–Crippen MR) is 59.4 cm³/mol. The third kappa shape index (κ3) is 7.84. The molecule has 0 N–H and O–H groups in total. The monoisotopic (exact) mass is 170 g/mol. The zero-order valence-electron chi connectivity index (χ0n) is 9.56. The highest BCUT2D eigenvalue weighted by molar-refractivity contribution is 4.60. The quantitative estimate of drug-likeness (QED) is 0.538. The lowest BCUT2D eigenvalue weighted by Gasteiger charge is -2.18. The molecule has 0 aliphatic carbocycles. The molecule has 0 saturated heterocycles. The lowest BCUT2D eigenvalue weighted by atomic mass is 9.88. The number of allylic oxidation sites excluding steroid dienone is 1. The van der Waals surface area contributed by atoms with Gasteiger partial charge in [0.1, 0.15) is 0 Å². The second-order valence-corrected chi connectivity index (χ2v) is 3.37. The minimum Gasteiger partial charge on any atom is -0.103 e. The normalized spacial score (nSPS) is 11.8. The van der Waals surface area contributed by atoms with Gasteiger partial charge < -0.3 is 0 Å². The van der Waals surface area contributed by atoms with Crippen molar-refractivity contribution in [3.05, 3.63) is 12.7 Å². The summed E-state index contributed by atoms with van der Waals surface area (Å²) in [5.74, 6) is 1.90. The molecule has 12 heavy (non-hydrogen) atoms. The van der Waals surface area contributed by atoms with E-state index in [0.717, 1.165) is 11.8 Å². The van der Waals surface area contributed by atoms with E-state index in [2.05, 4.69) is 34.3 Å². The van der Waals surface area contributed by atoms with Gasteiger partial charge in [-0.1, -0.05) is 53.0 Å². The Hall–Kier alpha value is -0.260. The molecule has 0 heterocycles. The van der Waals surface area contributed by atoms with Crippen LogP contribution in [-0.2, 0) is 0 Å². The third-order valence-electron chi connectivity index (χ3n) is 2.50. The van der Waals surface area contributed by atoms with Crippen molar-refractivity contribution in [3.63, 3.8) is 0 Å². The van der Waals surface area contributed by atoms with Gasteiger partial charge in [-0.15, -0.1) is 6.58 Å². The standard InChI is InChI=1S/C9H20.C3H6/c1-5-8(4)9(6-2)7-3;1-3-2/h8-9H,5-7H2,1-4H3;3H,1H2,2H3. The highest BCUT2D eigenvalue weighted by Gasteiger charge is 2.09. The van der Waals surface area contributed by atoms with Crippen molar-refractivity contribution in [3.8, 4) is 0 Å². The lowest BCUT2D eigenvalue weighted by Crippen LogP contribution is -2.07. The van der Waals surface area contributed by atoms with Crippen molar-refractivity contribution in [2.45, 2.75) is 53.9 Å². The molecule has 0 aromatic rings. The highest BCUT2D eigenvalue weighted by atomic mass is 14.2. The Labute approximate surface area is 79.1 Å². The van der Waals surface area contributed by atoms with E-state index in [1.165, 1.54) is 19.3 Å². The minimum absolute atomic E-state index is 0.931. The van der Waals surface area contributed by atoms with Crippen molar-refractivity contribution in [2.24, 2.45) is 11.8 Å². The molecule has 0 aliphatic rings. The van der Waals surface area contributed by atoms with Crippen molar-refractivity contribution < 1.29 is 0 Å². The molecule has 0 spiro atoms. The summed E-state index contributed by atoms with van der Waals surface area (Å²) in [6.45, 7) is 14.5. The van der Waals surface area contributed by atoms with Crippen LogP contribution in [0.2, 0.25) is 0 Å². The Morgan fingerprint density at radius 1 is 1.08 bits per heavy atom. The molecule has 74 valence electrons. The molecule has 1 atom stereocenters. The van der Waals surface area contributed by atoms with E-state index < -0.39 is 0 Å². The van der Waals surface area contributed by atoms with Crippen molar-refractivity contribution in [1.29, 1.82) is 0 Å². The van der Waals surface area contributed by atoms with Crippen molar-refractivity contribution in [1.82, 2.24) is 0 Å². The van der Waals surface area contributed by atoms with Gasteiger partial charge in [0.05, 0.1) is 0 Å². The molecule has 0 radical (unpaired) electrons. The molecule has 0 rings (SSSR count). The van der Waals surface area contributed by atoms with Gasteiger partial charge in [-0.25, -0.2) is 0 Å². The van der Waals surface area contributed by atoms with E-state index >= 15 is 0 Å². The number of hydrogen-bond donors (Lipinski definition) is 0. The zero-order chi connectivity index (χ0) is 9.98. The molecule has 0 nitrogen and oxygen atoms in total. The Morgan fingerprint density at radius 2 is 1.42 bits per heavy atom. The van der Waals surface area contributed by atoms with Crippen LogP contribution in [0.4, 0.5) is 0 Å². The topological polar surface area (TPSA) is 0 Å². The Kier molecular flexibility index (Phi) is 12.8. The molecular formula is C12H26. The molecule has 0 aromatic heterocycles. The zero-order valence-corrected chi connectivity index (χ0v) is 9.56. The predicted octanol–water partition coefficient (Wildman–Crippen LogP) is 4.66. The summed E-state index contributed by atoms with van der Waals surface area (Å²) >= 11 is 0. The van der Waals surface area contributed by atoms with E-state index in [1.807, 2.05) is 6.92 Å². The van der Waals surface area contributed by atoms with Gasteiger partial charge in [-0.2, -0.15) is 0 Å². The van der Waals surface area contributed by atoms with Gasteiger partial charge in [0, 0.05) is 0 Å². The van der Waals surface area contributed by atoms with Crippen LogP contribution in [0.15, 0.2) is 12.7 Å². The van der Waals surface area contributed by atoms with Crippen molar-refractivity contribution >= 4 is 0 Å². The average molecular weight is 170 g/mol. The largest absolute Gasteiger partial charge is 0.103 e. The Bertz CT molecular complexity index is 80.0. The van der Waals surface area contributed by atoms with Crippen molar-refractivity contribution in [2.75, 3.05) is 0 Å². The molecular weight excluding hydrogens is 144 g/mol. The SMILES string of the molecule is C=CC.CCC(C)C(CC)CC. The molecule has 0 amide bonds. The van der Waals surface area contributed by atoms with E-state index in [1.54, 1.807) is 6.08 Å². The fourth-order valence-corrected chi connectivity index (χ4v) is 1.43. The Morgan fingerprint density at radius 3 is 1.50 bits per heavy atom. The molecule has 0 aromatic carbocycles. The molecule has 0 saturated carbocycles. The summed E-state index contributed by atoms with van der Waals surface area (Å²) in [5.41, 5.74) is 0. The van der Waals surface area contributed by atoms with Crippen LogP contribution in [0.25, 0.3) is 0 Å². The fraction of sp³-hybridized carbons (Fsp3) is 0.833. The van der Waals surface area contributed by atoms with Gasteiger partial charge in [0.15, 0.2) is 0 Å². The first-order chi connectivity index (χ1) is 5.67. The maximum Gasteiger partial charge on any atom is -0.0394 e. The second kappa shape index (κ2) is 10.7. The summed E-state index contributed by atoms with van der Waals surface area (Å²) in [4.78, 5) is 0.